The van der Waals surface area contributed by atoms with Crippen LogP contribution >= 0.6 is 12.2 Å². The van der Waals surface area contributed by atoms with Crippen LogP contribution in [0.25, 0.3) is 10.9 Å². The maximum absolute atomic E-state index is 5.65. The largest absolute Gasteiger partial charge is 0.346 e. The van der Waals surface area contributed by atoms with Gasteiger partial charge >= 0.3 is 0 Å². The van der Waals surface area contributed by atoms with E-state index in [9.17, 15) is 0 Å². The van der Waals surface area contributed by atoms with Crippen molar-refractivity contribution in [3.05, 3.63) is 66.2 Å². The number of thiocarbonyl (C=S) groups is 1. The molecule has 0 spiro atoms. The van der Waals surface area contributed by atoms with E-state index in [0.717, 1.165) is 22.2 Å². The summed E-state index contributed by atoms with van der Waals surface area (Å²) in [4.78, 5) is 4.68. The van der Waals surface area contributed by atoms with Gasteiger partial charge in [0.1, 0.15) is 0 Å². The van der Waals surface area contributed by atoms with Crippen LogP contribution in [0.5, 0.6) is 0 Å². The molecule has 1 aliphatic heterocycles. The molecule has 0 aliphatic carbocycles. The van der Waals surface area contributed by atoms with E-state index in [1.54, 1.807) is 0 Å². The van der Waals surface area contributed by atoms with Crippen LogP contribution in [0, 0.1) is 0 Å². The lowest BCUT2D eigenvalue weighted by atomic mass is 10.1. The van der Waals surface area contributed by atoms with E-state index in [1.807, 2.05) is 60.7 Å². The van der Waals surface area contributed by atoms with Crippen LogP contribution in [0.15, 0.2) is 60.7 Å². The van der Waals surface area contributed by atoms with Crippen LogP contribution in [0.4, 0.5) is 11.5 Å². The van der Waals surface area contributed by atoms with Gasteiger partial charge in [0.15, 0.2) is 17.2 Å². The summed E-state index contributed by atoms with van der Waals surface area (Å²) in [6.45, 7) is 1.14. The number of nitrogens with one attached hydrogen (secondary N) is 3. The van der Waals surface area contributed by atoms with Crippen molar-refractivity contribution in [2.24, 2.45) is 0 Å². The van der Waals surface area contributed by atoms with Gasteiger partial charge < -0.3 is 14.8 Å². The third-order valence-corrected chi connectivity index (χ3v) is 4.16. The highest BCUT2D eigenvalue weighted by atomic mass is 32.1. The third kappa shape index (κ3) is 3.75. The quantitative estimate of drug-likeness (QED) is 0.481. The van der Waals surface area contributed by atoms with E-state index >= 15 is 0 Å². The number of benzene rings is 2. The molecular formula is C19H18N4O2S. The lowest BCUT2D eigenvalue weighted by Gasteiger charge is -2.18. The van der Waals surface area contributed by atoms with Gasteiger partial charge in [-0.2, -0.15) is 0 Å². The Morgan fingerprint density at radius 1 is 1.00 bits per heavy atom. The topological polar surface area (TPSA) is 67.4 Å². The predicted octanol–water partition coefficient (Wildman–Crippen LogP) is 3.59. The minimum absolute atomic E-state index is 0.436. The molecule has 6 nitrogen and oxygen atoms in total. The first kappa shape index (κ1) is 16.7. The van der Waals surface area contributed by atoms with Gasteiger partial charge in [-0.3, -0.25) is 10.9 Å². The Kier molecular flexibility index (Phi) is 4.92. The monoisotopic (exact) mass is 366 g/mol. The Morgan fingerprint density at radius 3 is 2.54 bits per heavy atom. The number of nitrogens with zero attached hydrogens (tertiary/aromatic N) is 1. The average Bonchev–Trinajstić information content (AvgIpc) is 3.21. The number of para-hydroxylation sites is 2. The van der Waals surface area contributed by atoms with Gasteiger partial charge in [0, 0.05) is 11.1 Å². The highest BCUT2D eigenvalue weighted by Crippen LogP contribution is 2.30. The van der Waals surface area contributed by atoms with Crippen LogP contribution in [0.3, 0.4) is 0 Å². The van der Waals surface area contributed by atoms with Crippen molar-refractivity contribution in [2.45, 2.75) is 6.29 Å². The maximum Gasteiger partial charge on any atom is 0.189 e. The molecule has 132 valence electrons. The summed E-state index contributed by atoms with van der Waals surface area (Å²) >= 11 is 5.33. The van der Waals surface area contributed by atoms with E-state index in [1.165, 1.54) is 0 Å². The molecule has 26 heavy (non-hydrogen) atoms. The Balaban J connectivity index is 1.54. The Bertz CT molecular complexity index is 914. The van der Waals surface area contributed by atoms with E-state index in [-0.39, 0.29) is 0 Å². The van der Waals surface area contributed by atoms with E-state index in [4.69, 9.17) is 21.7 Å². The summed E-state index contributed by atoms with van der Waals surface area (Å²) in [7, 11) is 0. The second kappa shape index (κ2) is 7.65. The highest BCUT2D eigenvalue weighted by Gasteiger charge is 2.23. The standard InChI is InChI=1S/C19H18N4O2S/c26-19(20-14-7-2-1-3-8-14)23-22-17-15(18-24-10-11-25-18)12-13-6-4-5-9-16(13)21-17/h1-9,12,18H,10-11H2,(H,21,22)(H2,20,23,26). The summed E-state index contributed by atoms with van der Waals surface area (Å²) in [6.07, 6.45) is -0.438. The number of aromatic nitrogens is 1. The minimum Gasteiger partial charge on any atom is -0.346 e. The molecule has 2 heterocycles. The molecule has 0 unspecified atom stereocenters. The van der Waals surface area contributed by atoms with Crippen LogP contribution < -0.4 is 16.2 Å². The van der Waals surface area contributed by atoms with Crippen molar-refractivity contribution >= 4 is 39.7 Å². The fourth-order valence-electron chi connectivity index (χ4n) is 2.75. The number of hydrazine groups is 1. The zero-order valence-electron chi connectivity index (χ0n) is 13.9. The van der Waals surface area contributed by atoms with E-state index < -0.39 is 6.29 Å². The molecule has 0 atom stereocenters. The fourth-order valence-corrected chi connectivity index (χ4v) is 2.92. The molecule has 7 heteroatoms. The van der Waals surface area contributed by atoms with Gasteiger partial charge in [-0.25, -0.2) is 4.98 Å². The smallest absolute Gasteiger partial charge is 0.189 e. The number of hydrogen-bond acceptors (Lipinski definition) is 5. The molecule has 1 aromatic heterocycles. The predicted molar refractivity (Wildman–Crippen MR) is 106 cm³/mol. The molecule has 2 aromatic carbocycles. The third-order valence-electron chi connectivity index (χ3n) is 3.96. The fraction of sp³-hybridized carbons (Fsp3) is 0.158. The van der Waals surface area contributed by atoms with E-state index in [0.29, 0.717) is 24.1 Å². The van der Waals surface area contributed by atoms with Gasteiger partial charge in [0.2, 0.25) is 0 Å². The van der Waals surface area contributed by atoms with Gasteiger partial charge in [0.05, 0.1) is 24.3 Å². The molecule has 3 N–H and O–H groups in total. The molecule has 4 rings (SSSR count). The maximum atomic E-state index is 5.65. The van der Waals surface area contributed by atoms with Crippen molar-refractivity contribution in [1.82, 2.24) is 10.4 Å². The van der Waals surface area contributed by atoms with Gasteiger partial charge in [-0.15, -0.1) is 0 Å². The molecule has 0 amide bonds. The first-order valence-corrected chi connectivity index (χ1v) is 8.71. The molecule has 3 aromatic rings. The molecule has 0 saturated carbocycles. The molecule has 1 aliphatic rings. The highest BCUT2D eigenvalue weighted by molar-refractivity contribution is 7.80. The van der Waals surface area contributed by atoms with Crippen LogP contribution in [0.1, 0.15) is 11.9 Å². The Morgan fingerprint density at radius 2 is 1.73 bits per heavy atom. The lowest BCUT2D eigenvalue weighted by Crippen LogP contribution is -2.34. The minimum atomic E-state index is -0.438. The van der Waals surface area contributed by atoms with Crippen LogP contribution in [-0.4, -0.2) is 23.3 Å². The second-order valence-corrected chi connectivity index (χ2v) is 6.17. The first-order valence-electron chi connectivity index (χ1n) is 8.30. The molecule has 0 radical (unpaired) electrons. The number of ether oxygens (including phenoxy) is 2. The number of hydrogen-bond donors (Lipinski definition) is 3. The number of pyridine rings is 1. The zero-order valence-corrected chi connectivity index (χ0v) is 14.8. The molecule has 1 saturated heterocycles. The SMILES string of the molecule is S=C(NNc1nc2ccccc2cc1C1OCCO1)Nc1ccccc1. The lowest BCUT2D eigenvalue weighted by molar-refractivity contribution is -0.0436. The summed E-state index contributed by atoms with van der Waals surface area (Å²) < 4.78 is 11.3. The summed E-state index contributed by atoms with van der Waals surface area (Å²) in [5.41, 5.74) is 8.66. The van der Waals surface area contributed by atoms with Crippen LogP contribution in [0.2, 0.25) is 0 Å². The summed E-state index contributed by atoms with van der Waals surface area (Å²) in [6, 6.07) is 19.6. The second-order valence-electron chi connectivity index (χ2n) is 5.76. The number of fused-ring (bicyclic) bond motifs is 1. The number of anilines is 2. The van der Waals surface area contributed by atoms with Gasteiger partial charge in [-0.1, -0.05) is 36.4 Å². The van der Waals surface area contributed by atoms with Crippen molar-refractivity contribution < 1.29 is 9.47 Å². The summed E-state index contributed by atoms with van der Waals surface area (Å²) in [5.74, 6) is 0.618. The summed E-state index contributed by atoms with van der Waals surface area (Å²) in [5, 5.41) is 4.57. The molecule has 0 bridgehead atoms. The van der Waals surface area contributed by atoms with Crippen molar-refractivity contribution in [1.29, 1.82) is 0 Å². The Labute approximate surface area is 156 Å². The molecular weight excluding hydrogens is 348 g/mol. The first-order chi connectivity index (χ1) is 12.8. The average molecular weight is 366 g/mol. The zero-order chi connectivity index (χ0) is 17.8. The van der Waals surface area contributed by atoms with Gasteiger partial charge in [-0.05, 0) is 36.5 Å². The van der Waals surface area contributed by atoms with E-state index in [2.05, 4.69) is 21.2 Å². The van der Waals surface area contributed by atoms with Crippen molar-refractivity contribution in [2.75, 3.05) is 24.0 Å². The van der Waals surface area contributed by atoms with Gasteiger partial charge in [0.25, 0.3) is 0 Å². The molecule has 1 fully saturated rings. The Hall–Kier alpha value is -2.74. The number of rotatable bonds is 4. The van der Waals surface area contributed by atoms with Crippen molar-refractivity contribution in [3.8, 4) is 0 Å². The van der Waals surface area contributed by atoms with Crippen molar-refractivity contribution in [3.63, 3.8) is 0 Å². The normalized spacial score (nSPS) is 14.3. The van der Waals surface area contributed by atoms with Crippen LogP contribution in [-0.2, 0) is 9.47 Å².